The molecule has 70 valence electrons. The van der Waals surface area contributed by atoms with E-state index in [1.54, 1.807) is 0 Å². The summed E-state index contributed by atoms with van der Waals surface area (Å²) >= 11 is 0. The van der Waals surface area contributed by atoms with Crippen molar-refractivity contribution in [1.82, 2.24) is 5.32 Å². The van der Waals surface area contributed by atoms with Gasteiger partial charge in [0.2, 0.25) is 0 Å². The summed E-state index contributed by atoms with van der Waals surface area (Å²) in [6, 6.07) is 10.3. The van der Waals surface area contributed by atoms with Gasteiger partial charge in [0.05, 0.1) is 6.10 Å². The first-order chi connectivity index (χ1) is 6.38. The molecule has 1 aliphatic rings. The predicted octanol–water partition coefficient (Wildman–Crippen LogP) is 1.12. The molecule has 13 heavy (non-hydrogen) atoms. The Balaban J connectivity index is 2.15. The van der Waals surface area contributed by atoms with Gasteiger partial charge in [0.25, 0.3) is 0 Å². The maximum absolute atomic E-state index is 9.76. The first-order valence-corrected chi connectivity index (χ1v) is 4.81. The highest BCUT2D eigenvalue weighted by atomic mass is 16.3. The van der Waals surface area contributed by atoms with Crippen LogP contribution >= 0.6 is 0 Å². The lowest BCUT2D eigenvalue weighted by atomic mass is 9.88. The zero-order valence-corrected chi connectivity index (χ0v) is 7.61. The first-order valence-electron chi connectivity index (χ1n) is 4.81. The smallest absolute Gasteiger partial charge is 0.0733 e. The molecule has 0 saturated carbocycles. The molecule has 0 bridgehead atoms. The van der Waals surface area contributed by atoms with Crippen molar-refractivity contribution in [1.29, 1.82) is 0 Å². The Morgan fingerprint density at radius 2 is 2.00 bits per heavy atom. The van der Waals surface area contributed by atoms with Gasteiger partial charge in [-0.3, -0.25) is 0 Å². The van der Waals surface area contributed by atoms with Crippen molar-refractivity contribution < 1.29 is 5.11 Å². The summed E-state index contributed by atoms with van der Waals surface area (Å²) in [6.07, 6.45) is 0.807. The van der Waals surface area contributed by atoms with Gasteiger partial charge in [-0.05, 0) is 18.5 Å². The van der Waals surface area contributed by atoms with Crippen LogP contribution in [-0.4, -0.2) is 24.3 Å². The number of β-amino-alcohol motifs (C(OH)–C–C–N with tert-alkyl or cyclic N) is 1. The van der Waals surface area contributed by atoms with Crippen molar-refractivity contribution >= 4 is 0 Å². The van der Waals surface area contributed by atoms with E-state index in [2.05, 4.69) is 17.4 Å². The van der Waals surface area contributed by atoms with Gasteiger partial charge in [-0.25, -0.2) is 0 Å². The fourth-order valence-corrected chi connectivity index (χ4v) is 1.93. The molecule has 2 rings (SSSR count). The van der Waals surface area contributed by atoms with Gasteiger partial charge < -0.3 is 10.4 Å². The second kappa shape index (κ2) is 3.90. The van der Waals surface area contributed by atoms with E-state index in [1.807, 2.05) is 18.2 Å². The minimum atomic E-state index is -0.226. The standard InChI is InChI=1S/C11H15NO/c13-11-8-12-7-6-10(11)9-4-2-1-3-5-9/h1-5,10-13H,6-8H2/t10?,11-/m0/s1. The van der Waals surface area contributed by atoms with Gasteiger partial charge in [-0.15, -0.1) is 0 Å². The van der Waals surface area contributed by atoms with Gasteiger partial charge in [-0.1, -0.05) is 30.3 Å². The van der Waals surface area contributed by atoms with E-state index in [0.717, 1.165) is 19.5 Å². The second-order valence-corrected chi connectivity index (χ2v) is 3.58. The molecule has 2 N–H and O–H groups in total. The van der Waals surface area contributed by atoms with E-state index in [0.29, 0.717) is 5.92 Å². The minimum absolute atomic E-state index is 0.226. The third kappa shape index (κ3) is 1.90. The molecule has 1 fully saturated rings. The van der Waals surface area contributed by atoms with Crippen LogP contribution in [0, 0.1) is 0 Å². The predicted molar refractivity (Wildman–Crippen MR) is 52.7 cm³/mol. The van der Waals surface area contributed by atoms with Crippen LogP contribution in [0.4, 0.5) is 0 Å². The van der Waals surface area contributed by atoms with E-state index in [-0.39, 0.29) is 6.10 Å². The second-order valence-electron chi connectivity index (χ2n) is 3.58. The zero-order valence-electron chi connectivity index (χ0n) is 7.61. The maximum atomic E-state index is 9.76. The molecule has 2 atom stereocenters. The molecule has 0 aliphatic carbocycles. The van der Waals surface area contributed by atoms with Gasteiger partial charge in [0, 0.05) is 12.5 Å². The number of piperidine rings is 1. The third-order valence-corrected chi connectivity index (χ3v) is 2.68. The summed E-state index contributed by atoms with van der Waals surface area (Å²) in [5, 5.41) is 12.9. The molecule has 0 aromatic heterocycles. The van der Waals surface area contributed by atoms with Crippen LogP contribution in [0.3, 0.4) is 0 Å². The highest BCUT2D eigenvalue weighted by Crippen LogP contribution is 2.24. The summed E-state index contributed by atoms with van der Waals surface area (Å²) in [6.45, 7) is 1.73. The van der Waals surface area contributed by atoms with Crippen LogP contribution in [0.5, 0.6) is 0 Å². The number of benzene rings is 1. The summed E-state index contributed by atoms with van der Waals surface area (Å²) in [4.78, 5) is 0. The molecule has 1 aromatic carbocycles. The third-order valence-electron chi connectivity index (χ3n) is 2.68. The molecule has 0 spiro atoms. The number of hydrogen-bond donors (Lipinski definition) is 2. The molecule has 0 amide bonds. The number of rotatable bonds is 1. The summed E-state index contributed by atoms with van der Waals surface area (Å²) in [5.74, 6) is 0.322. The highest BCUT2D eigenvalue weighted by molar-refractivity contribution is 5.21. The molecular weight excluding hydrogens is 162 g/mol. The summed E-state index contributed by atoms with van der Waals surface area (Å²) < 4.78 is 0. The number of aliphatic hydroxyl groups excluding tert-OH is 1. The van der Waals surface area contributed by atoms with Crippen molar-refractivity contribution in [3.8, 4) is 0 Å². The van der Waals surface area contributed by atoms with Crippen LogP contribution in [-0.2, 0) is 0 Å². The molecular formula is C11H15NO. The van der Waals surface area contributed by atoms with Crippen LogP contribution in [0.1, 0.15) is 17.9 Å². The van der Waals surface area contributed by atoms with Gasteiger partial charge in [0.1, 0.15) is 0 Å². The van der Waals surface area contributed by atoms with Crippen molar-refractivity contribution in [3.05, 3.63) is 35.9 Å². The summed E-state index contributed by atoms with van der Waals surface area (Å²) in [5.41, 5.74) is 1.26. The van der Waals surface area contributed by atoms with E-state index in [9.17, 15) is 5.11 Å². The van der Waals surface area contributed by atoms with E-state index >= 15 is 0 Å². The van der Waals surface area contributed by atoms with Crippen molar-refractivity contribution in [3.63, 3.8) is 0 Å². The lowest BCUT2D eigenvalue weighted by molar-refractivity contribution is 0.118. The minimum Gasteiger partial charge on any atom is -0.391 e. The van der Waals surface area contributed by atoms with Gasteiger partial charge in [0.15, 0.2) is 0 Å². The molecule has 2 nitrogen and oxygen atoms in total. The molecule has 2 heteroatoms. The molecule has 1 aliphatic heterocycles. The van der Waals surface area contributed by atoms with Crippen molar-refractivity contribution in [2.45, 2.75) is 18.4 Å². The Morgan fingerprint density at radius 3 is 2.69 bits per heavy atom. The SMILES string of the molecule is O[C@H]1CNCCC1c1ccccc1. The zero-order chi connectivity index (χ0) is 9.10. The normalized spacial score (nSPS) is 28.7. The van der Waals surface area contributed by atoms with Crippen LogP contribution in [0.2, 0.25) is 0 Å². The number of hydrogen-bond acceptors (Lipinski definition) is 2. The van der Waals surface area contributed by atoms with Crippen LogP contribution in [0.25, 0.3) is 0 Å². The Kier molecular flexibility index (Phi) is 2.62. The van der Waals surface area contributed by atoms with Crippen molar-refractivity contribution in [2.75, 3.05) is 13.1 Å². The fraction of sp³-hybridized carbons (Fsp3) is 0.455. The largest absolute Gasteiger partial charge is 0.391 e. The van der Waals surface area contributed by atoms with E-state index in [4.69, 9.17) is 0 Å². The molecule has 1 heterocycles. The van der Waals surface area contributed by atoms with E-state index < -0.39 is 0 Å². The first kappa shape index (κ1) is 8.73. The van der Waals surface area contributed by atoms with E-state index in [1.165, 1.54) is 5.56 Å². The van der Waals surface area contributed by atoms with Gasteiger partial charge in [-0.2, -0.15) is 0 Å². The molecule has 0 radical (unpaired) electrons. The van der Waals surface area contributed by atoms with Gasteiger partial charge >= 0.3 is 0 Å². The monoisotopic (exact) mass is 177 g/mol. The highest BCUT2D eigenvalue weighted by Gasteiger charge is 2.23. The lowest BCUT2D eigenvalue weighted by Crippen LogP contribution is -2.39. The lowest BCUT2D eigenvalue weighted by Gasteiger charge is -2.28. The maximum Gasteiger partial charge on any atom is 0.0733 e. The molecule has 1 aromatic rings. The molecule has 1 unspecified atom stereocenters. The average molecular weight is 177 g/mol. The number of nitrogens with one attached hydrogen (secondary N) is 1. The summed E-state index contributed by atoms with van der Waals surface area (Å²) in [7, 11) is 0. The quantitative estimate of drug-likeness (QED) is 0.674. The van der Waals surface area contributed by atoms with Crippen molar-refractivity contribution in [2.24, 2.45) is 0 Å². The Bertz CT molecular complexity index is 260. The average Bonchev–Trinajstić information content (AvgIpc) is 2.20. The Labute approximate surface area is 78.6 Å². The van der Waals surface area contributed by atoms with Crippen LogP contribution in [0.15, 0.2) is 30.3 Å². The fourth-order valence-electron chi connectivity index (χ4n) is 1.93. The van der Waals surface area contributed by atoms with Crippen LogP contribution < -0.4 is 5.32 Å². The topological polar surface area (TPSA) is 32.3 Å². The number of aliphatic hydroxyl groups is 1. The molecule has 1 saturated heterocycles. The Hall–Kier alpha value is -0.860. The Morgan fingerprint density at radius 1 is 1.23 bits per heavy atom.